The molecule has 0 fully saturated rings. The lowest BCUT2D eigenvalue weighted by Gasteiger charge is -2.18. The molecule has 90 valence electrons. The third-order valence-electron chi connectivity index (χ3n) is 2.78. The van der Waals surface area contributed by atoms with Crippen molar-refractivity contribution >= 4 is 10.9 Å². The van der Waals surface area contributed by atoms with E-state index in [2.05, 4.69) is 10.3 Å². The third kappa shape index (κ3) is 2.61. The van der Waals surface area contributed by atoms with Gasteiger partial charge in [-0.05, 0) is 11.6 Å². The Morgan fingerprint density at radius 2 is 2.12 bits per heavy atom. The highest BCUT2D eigenvalue weighted by Gasteiger charge is 2.12. The van der Waals surface area contributed by atoms with Crippen LogP contribution in [0, 0.1) is 0 Å². The van der Waals surface area contributed by atoms with E-state index in [0.717, 1.165) is 16.5 Å². The fraction of sp³-hybridized carbons (Fsp3) is 0.308. The van der Waals surface area contributed by atoms with Gasteiger partial charge in [0.05, 0.1) is 12.1 Å². The molecular weight excluding hydrogens is 214 g/mol. The first kappa shape index (κ1) is 12.0. The molecule has 0 amide bonds. The standard InChI is InChI=1S/C13H17N3O/c14-9-12(15-7-8-17)11-5-1-3-10-4-2-6-16-13(10)11/h1-6,12,15,17H,7-9,14H2. The molecular formula is C13H17N3O. The molecule has 1 aromatic heterocycles. The molecule has 4 nitrogen and oxygen atoms in total. The van der Waals surface area contributed by atoms with Crippen molar-refractivity contribution in [3.63, 3.8) is 0 Å². The molecule has 0 saturated carbocycles. The molecule has 0 aliphatic carbocycles. The van der Waals surface area contributed by atoms with Gasteiger partial charge in [-0.25, -0.2) is 0 Å². The number of pyridine rings is 1. The zero-order valence-electron chi connectivity index (χ0n) is 9.63. The van der Waals surface area contributed by atoms with E-state index in [9.17, 15) is 0 Å². The molecule has 0 radical (unpaired) electrons. The number of rotatable bonds is 5. The lowest BCUT2D eigenvalue weighted by molar-refractivity contribution is 0.285. The van der Waals surface area contributed by atoms with Gasteiger partial charge in [0.25, 0.3) is 0 Å². The number of para-hydroxylation sites is 1. The topological polar surface area (TPSA) is 71.2 Å². The summed E-state index contributed by atoms with van der Waals surface area (Å²) in [7, 11) is 0. The number of hydrogen-bond donors (Lipinski definition) is 3. The van der Waals surface area contributed by atoms with Crippen LogP contribution in [0.15, 0.2) is 36.5 Å². The Bertz CT molecular complexity index is 482. The zero-order valence-corrected chi connectivity index (χ0v) is 9.63. The van der Waals surface area contributed by atoms with Gasteiger partial charge in [-0.15, -0.1) is 0 Å². The Morgan fingerprint density at radius 1 is 1.29 bits per heavy atom. The van der Waals surface area contributed by atoms with Crippen molar-refractivity contribution in [3.8, 4) is 0 Å². The van der Waals surface area contributed by atoms with E-state index in [1.807, 2.05) is 30.3 Å². The van der Waals surface area contributed by atoms with Crippen LogP contribution >= 0.6 is 0 Å². The van der Waals surface area contributed by atoms with Gasteiger partial charge in [0, 0.05) is 30.7 Å². The van der Waals surface area contributed by atoms with Crippen molar-refractivity contribution in [1.82, 2.24) is 10.3 Å². The summed E-state index contributed by atoms with van der Waals surface area (Å²) in [5, 5.41) is 13.2. The molecule has 1 atom stereocenters. The number of nitrogens with zero attached hydrogens (tertiary/aromatic N) is 1. The van der Waals surface area contributed by atoms with Crippen LogP contribution < -0.4 is 11.1 Å². The maximum Gasteiger partial charge on any atom is 0.0750 e. The van der Waals surface area contributed by atoms with Gasteiger partial charge in [-0.3, -0.25) is 4.98 Å². The fourth-order valence-electron chi connectivity index (χ4n) is 1.97. The van der Waals surface area contributed by atoms with E-state index in [1.54, 1.807) is 6.20 Å². The Labute approximate surface area is 100 Å². The summed E-state index contributed by atoms with van der Waals surface area (Å²) in [5.41, 5.74) is 7.82. The summed E-state index contributed by atoms with van der Waals surface area (Å²) in [6.45, 7) is 1.12. The predicted molar refractivity (Wildman–Crippen MR) is 68.6 cm³/mol. The first-order valence-corrected chi connectivity index (χ1v) is 5.74. The lowest BCUT2D eigenvalue weighted by Crippen LogP contribution is -2.30. The Hall–Kier alpha value is -1.49. The van der Waals surface area contributed by atoms with Crippen molar-refractivity contribution in [2.75, 3.05) is 19.7 Å². The number of hydrogen-bond acceptors (Lipinski definition) is 4. The molecule has 2 rings (SSSR count). The molecule has 4 N–H and O–H groups in total. The van der Waals surface area contributed by atoms with E-state index in [-0.39, 0.29) is 12.6 Å². The Balaban J connectivity index is 2.38. The molecule has 1 unspecified atom stereocenters. The van der Waals surface area contributed by atoms with Crippen molar-refractivity contribution in [2.24, 2.45) is 5.73 Å². The minimum Gasteiger partial charge on any atom is -0.395 e. The average molecular weight is 231 g/mol. The number of fused-ring (bicyclic) bond motifs is 1. The van der Waals surface area contributed by atoms with Gasteiger partial charge < -0.3 is 16.2 Å². The van der Waals surface area contributed by atoms with Crippen LogP contribution in [0.1, 0.15) is 11.6 Å². The highest BCUT2D eigenvalue weighted by atomic mass is 16.3. The van der Waals surface area contributed by atoms with Gasteiger partial charge in [0.15, 0.2) is 0 Å². The number of aromatic nitrogens is 1. The molecule has 1 aromatic carbocycles. The van der Waals surface area contributed by atoms with Gasteiger partial charge in [0.1, 0.15) is 0 Å². The largest absolute Gasteiger partial charge is 0.395 e. The highest BCUT2D eigenvalue weighted by Crippen LogP contribution is 2.21. The van der Waals surface area contributed by atoms with Crippen LogP contribution in [0.5, 0.6) is 0 Å². The number of aliphatic hydroxyl groups is 1. The normalized spacial score (nSPS) is 12.8. The van der Waals surface area contributed by atoms with Gasteiger partial charge in [-0.1, -0.05) is 24.3 Å². The number of nitrogens with one attached hydrogen (secondary N) is 1. The highest BCUT2D eigenvalue weighted by molar-refractivity contribution is 5.82. The van der Waals surface area contributed by atoms with Gasteiger partial charge >= 0.3 is 0 Å². The minimum atomic E-state index is 0.0285. The fourth-order valence-corrected chi connectivity index (χ4v) is 1.97. The van der Waals surface area contributed by atoms with Crippen molar-refractivity contribution in [3.05, 3.63) is 42.1 Å². The van der Waals surface area contributed by atoms with Crippen LogP contribution in [0.25, 0.3) is 10.9 Å². The van der Waals surface area contributed by atoms with Gasteiger partial charge in [0.2, 0.25) is 0 Å². The van der Waals surface area contributed by atoms with Crippen molar-refractivity contribution < 1.29 is 5.11 Å². The third-order valence-corrected chi connectivity index (χ3v) is 2.78. The van der Waals surface area contributed by atoms with Crippen molar-refractivity contribution in [1.29, 1.82) is 0 Å². The number of aliphatic hydroxyl groups excluding tert-OH is 1. The second-order valence-corrected chi connectivity index (χ2v) is 3.89. The van der Waals surface area contributed by atoms with E-state index < -0.39 is 0 Å². The summed E-state index contributed by atoms with van der Waals surface area (Å²) >= 11 is 0. The van der Waals surface area contributed by atoms with Crippen LogP contribution in [0.4, 0.5) is 0 Å². The van der Waals surface area contributed by atoms with Crippen LogP contribution in [0.2, 0.25) is 0 Å². The number of nitrogens with two attached hydrogens (primary N) is 1. The van der Waals surface area contributed by atoms with Gasteiger partial charge in [-0.2, -0.15) is 0 Å². The van der Waals surface area contributed by atoms with E-state index in [0.29, 0.717) is 13.1 Å². The maximum absolute atomic E-state index is 8.85. The molecule has 0 aliphatic heterocycles. The second kappa shape index (κ2) is 5.72. The lowest BCUT2D eigenvalue weighted by atomic mass is 10.0. The number of benzene rings is 1. The molecule has 1 heterocycles. The smallest absolute Gasteiger partial charge is 0.0750 e. The van der Waals surface area contributed by atoms with E-state index >= 15 is 0 Å². The molecule has 17 heavy (non-hydrogen) atoms. The van der Waals surface area contributed by atoms with E-state index in [1.165, 1.54) is 0 Å². The minimum absolute atomic E-state index is 0.0285. The summed E-state index contributed by atoms with van der Waals surface area (Å²) in [6.07, 6.45) is 1.78. The second-order valence-electron chi connectivity index (χ2n) is 3.89. The molecule has 0 bridgehead atoms. The average Bonchev–Trinajstić information content (AvgIpc) is 2.40. The van der Waals surface area contributed by atoms with Crippen LogP contribution in [0.3, 0.4) is 0 Å². The monoisotopic (exact) mass is 231 g/mol. The van der Waals surface area contributed by atoms with E-state index in [4.69, 9.17) is 10.8 Å². The van der Waals surface area contributed by atoms with Crippen molar-refractivity contribution in [2.45, 2.75) is 6.04 Å². The molecule has 0 spiro atoms. The summed E-state index contributed by atoms with van der Waals surface area (Å²) in [5.74, 6) is 0. The Kier molecular flexibility index (Phi) is 4.03. The first-order valence-electron chi connectivity index (χ1n) is 5.74. The summed E-state index contributed by atoms with van der Waals surface area (Å²) in [6, 6.07) is 10.0. The van der Waals surface area contributed by atoms with Crippen LogP contribution in [-0.2, 0) is 0 Å². The quantitative estimate of drug-likeness (QED) is 0.712. The maximum atomic E-state index is 8.85. The first-order chi connectivity index (χ1) is 8.36. The SMILES string of the molecule is NCC(NCCO)c1cccc2cccnc12. The molecule has 0 aliphatic rings. The molecule has 0 saturated heterocycles. The Morgan fingerprint density at radius 3 is 2.88 bits per heavy atom. The molecule has 2 aromatic rings. The van der Waals surface area contributed by atoms with Crippen LogP contribution in [-0.4, -0.2) is 29.8 Å². The zero-order chi connectivity index (χ0) is 12.1. The molecule has 4 heteroatoms. The summed E-state index contributed by atoms with van der Waals surface area (Å²) in [4.78, 5) is 4.40. The summed E-state index contributed by atoms with van der Waals surface area (Å²) < 4.78 is 0. The predicted octanol–water partition coefficient (Wildman–Crippen LogP) is 0.816.